The van der Waals surface area contributed by atoms with Crippen molar-refractivity contribution in [3.63, 3.8) is 0 Å². The number of primary amides is 1. The lowest BCUT2D eigenvalue weighted by atomic mass is 10.0. The summed E-state index contributed by atoms with van der Waals surface area (Å²) in [6.45, 7) is 1.82. The van der Waals surface area contributed by atoms with Crippen LogP contribution in [0.25, 0.3) is 16.7 Å². The molecule has 0 aliphatic heterocycles. The van der Waals surface area contributed by atoms with Crippen LogP contribution in [0, 0.1) is 0 Å². The Bertz CT molecular complexity index is 1350. The zero-order valence-corrected chi connectivity index (χ0v) is 17.5. The minimum atomic E-state index is -2.60. The van der Waals surface area contributed by atoms with Crippen LogP contribution in [0.1, 0.15) is 65.6 Å². The summed E-state index contributed by atoms with van der Waals surface area (Å²) >= 11 is 0. The van der Waals surface area contributed by atoms with E-state index in [9.17, 15) is 13.6 Å². The maximum atomic E-state index is 13.6. The van der Waals surface area contributed by atoms with Gasteiger partial charge in [0.1, 0.15) is 30.5 Å². The number of fused-ring (bicyclic) bond motifs is 1. The lowest BCUT2D eigenvalue weighted by Gasteiger charge is -2.17. The summed E-state index contributed by atoms with van der Waals surface area (Å²) in [6, 6.07) is 3.93. The van der Waals surface area contributed by atoms with Crippen molar-refractivity contribution in [1.82, 2.24) is 34.7 Å². The first-order valence-electron chi connectivity index (χ1n) is 10.3. The van der Waals surface area contributed by atoms with Gasteiger partial charge in [-0.3, -0.25) is 4.79 Å². The van der Waals surface area contributed by atoms with Gasteiger partial charge in [-0.15, -0.1) is 0 Å². The number of halogens is 2. The minimum absolute atomic E-state index is 0.0380. The number of alkyl halides is 2. The van der Waals surface area contributed by atoms with E-state index in [1.807, 2.05) is 6.92 Å². The van der Waals surface area contributed by atoms with Gasteiger partial charge in [0.15, 0.2) is 11.6 Å². The molecule has 3 N–H and O–H groups in total. The van der Waals surface area contributed by atoms with E-state index < -0.39 is 18.4 Å². The lowest BCUT2D eigenvalue weighted by Crippen LogP contribution is -2.17. The van der Waals surface area contributed by atoms with Crippen LogP contribution >= 0.6 is 0 Å². The molecular weight excluding hydrogens is 432 g/mol. The third kappa shape index (κ3) is 3.95. The number of nitrogens with two attached hydrogens (primary N) is 1. The molecule has 4 aromatic rings. The Hall–Kier alpha value is -4.09. The number of aromatic nitrogens is 7. The summed E-state index contributed by atoms with van der Waals surface area (Å²) in [5.74, 6) is 0.728. The smallest absolute Gasteiger partial charge is 0.267 e. The Morgan fingerprint density at radius 2 is 1.88 bits per heavy atom. The highest BCUT2D eigenvalue weighted by atomic mass is 19.3. The van der Waals surface area contributed by atoms with E-state index in [2.05, 4.69) is 35.3 Å². The minimum Gasteiger partial charge on any atom is -0.364 e. The third-order valence-electron chi connectivity index (χ3n) is 5.50. The molecule has 0 saturated heterocycles. The molecule has 1 saturated carbocycles. The lowest BCUT2D eigenvalue weighted by molar-refractivity contribution is 0.0995. The highest BCUT2D eigenvalue weighted by Crippen LogP contribution is 2.44. The average Bonchev–Trinajstić information content (AvgIpc) is 3.53. The molecule has 168 valence electrons. The molecule has 3 heterocycles. The highest BCUT2D eigenvalue weighted by Gasteiger charge is 2.28. The second-order valence-corrected chi connectivity index (χ2v) is 7.83. The number of nitrogens with zero attached hydrogens (tertiary/aromatic N) is 7. The van der Waals surface area contributed by atoms with Crippen LogP contribution in [-0.4, -0.2) is 40.6 Å². The normalized spacial score (nSPS) is 14.5. The van der Waals surface area contributed by atoms with Crippen LogP contribution in [0.4, 0.5) is 14.6 Å². The molecule has 33 heavy (non-hydrogen) atoms. The number of carbonyl (C=O) groups excluding carboxylic acids is 1. The fourth-order valence-electron chi connectivity index (χ4n) is 3.75. The van der Waals surface area contributed by atoms with Crippen molar-refractivity contribution in [1.29, 1.82) is 0 Å². The van der Waals surface area contributed by atoms with Gasteiger partial charge in [0.05, 0.1) is 11.6 Å². The van der Waals surface area contributed by atoms with Crippen molar-refractivity contribution >= 4 is 22.6 Å². The van der Waals surface area contributed by atoms with Crippen molar-refractivity contribution in [2.75, 3.05) is 5.32 Å². The van der Waals surface area contributed by atoms with Crippen LogP contribution in [0.5, 0.6) is 0 Å². The summed E-state index contributed by atoms with van der Waals surface area (Å²) in [5, 5.41) is 7.94. The van der Waals surface area contributed by atoms with Crippen LogP contribution < -0.4 is 11.1 Å². The number of hydrogen-bond donors (Lipinski definition) is 2. The summed E-state index contributed by atoms with van der Waals surface area (Å²) in [5.41, 5.74) is 6.77. The molecule has 1 fully saturated rings. The van der Waals surface area contributed by atoms with Crippen LogP contribution in [0.2, 0.25) is 0 Å². The van der Waals surface area contributed by atoms with E-state index >= 15 is 0 Å². The fourth-order valence-corrected chi connectivity index (χ4v) is 3.75. The summed E-state index contributed by atoms with van der Waals surface area (Å²) in [6.07, 6.45) is 3.29. The molecule has 1 aliphatic carbocycles. The van der Waals surface area contributed by atoms with Gasteiger partial charge < -0.3 is 11.1 Å². The maximum Gasteiger partial charge on any atom is 0.267 e. The second kappa shape index (κ2) is 8.11. The van der Waals surface area contributed by atoms with E-state index in [4.69, 9.17) is 5.73 Å². The number of anilines is 1. The summed E-state index contributed by atoms with van der Waals surface area (Å²) < 4.78 is 28.6. The van der Waals surface area contributed by atoms with Gasteiger partial charge in [-0.25, -0.2) is 33.7 Å². The number of nitrogens with one attached hydrogen (secondary N) is 1. The Labute approximate surface area is 186 Å². The van der Waals surface area contributed by atoms with E-state index in [1.165, 1.54) is 35.8 Å². The second-order valence-electron chi connectivity index (χ2n) is 7.83. The Kier molecular flexibility index (Phi) is 5.11. The van der Waals surface area contributed by atoms with Gasteiger partial charge in [-0.05, 0) is 43.4 Å². The third-order valence-corrected chi connectivity index (χ3v) is 5.50. The molecule has 5 rings (SSSR count). The van der Waals surface area contributed by atoms with Gasteiger partial charge >= 0.3 is 0 Å². The summed E-state index contributed by atoms with van der Waals surface area (Å²) in [4.78, 5) is 32.4. The molecule has 1 aliphatic rings. The molecule has 1 aromatic carbocycles. The SMILES string of the molecule is C[C@H](Nc1ncnc2c(C3CC3)cc(C(F)F)cc12)c1ncnn1-c1cc(C(N)=O)ncn1. The predicted octanol–water partition coefficient (Wildman–Crippen LogP) is 3.09. The Balaban J connectivity index is 1.52. The fraction of sp³-hybridized carbons (Fsp3) is 0.286. The van der Waals surface area contributed by atoms with E-state index in [0.29, 0.717) is 28.4 Å². The monoisotopic (exact) mass is 451 g/mol. The van der Waals surface area contributed by atoms with Crippen molar-refractivity contribution in [2.24, 2.45) is 5.73 Å². The molecule has 0 radical (unpaired) electrons. The number of benzene rings is 1. The van der Waals surface area contributed by atoms with Crippen molar-refractivity contribution < 1.29 is 13.6 Å². The molecule has 0 spiro atoms. The number of hydrogen-bond acceptors (Lipinski definition) is 8. The van der Waals surface area contributed by atoms with E-state index in [1.54, 1.807) is 6.07 Å². The van der Waals surface area contributed by atoms with Crippen LogP contribution in [0.3, 0.4) is 0 Å². The number of amides is 1. The van der Waals surface area contributed by atoms with E-state index in [-0.39, 0.29) is 17.2 Å². The first-order chi connectivity index (χ1) is 15.9. The highest BCUT2D eigenvalue weighted by molar-refractivity contribution is 5.92. The van der Waals surface area contributed by atoms with Crippen molar-refractivity contribution in [2.45, 2.75) is 38.2 Å². The van der Waals surface area contributed by atoms with Gasteiger partial charge in [0, 0.05) is 17.0 Å². The van der Waals surface area contributed by atoms with Crippen LogP contribution in [0.15, 0.2) is 37.2 Å². The van der Waals surface area contributed by atoms with Crippen LogP contribution in [-0.2, 0) is 0 Å². The Morgan fingerprint density at radius 1 is 1.09 bits per heavy atom. The number of rotatable bonds is 7. The molecule has 3 aromatic heterocycles. The molecule has 1 amide bonds. The van der Waals surface area contributed by atoms with Crippen molar-refractivity contribution in [3.8, 4) is 5.82 Å². The van der Waals surface area contributed by atoms with Crippen molar-refractivity contribution in [3.05, 3.63) is 59.8 Å². The largest absolute Gasteiger partial charge is 0.364 e. The van der Waals surface area contributed by atoms with Gasteiger partial charge in [-0.1, -0.05) is 0 Å². The first kappa shape index (κ1) is 20.8. The maximum absolute atomic E-state index is 13.6. The summed E-state index contributed by atoms with van der Waals surface area (Å²) in [7, 11) is 0. The molecule has 0 bridgehead atoms. The standard InChI is InChI=1S/C21H19F2N9O/c1-10(21-29-9-30-32(21)16-6-15(19(24)33)25-7-26-16)31-20-14-5-12(18(22)23)4-13(11-2-3-11)17(14)27-8-28-20/h4-11,18H,2-3H2,1H3,(H2,24,33)(H,27,28,31)/t10-/m0/s1. The average molecular weight is 451 g/mol. The zero-order valence-electron chi connectivity index (χ0n) is 17.5. The van der Waals surface area contributed by atoms with Gasteiger partial charge in [0.25, 0.3) is 12.3 Å². The molecule has 0 unspecified atom stereocenters. The molecule has 10 nitrogen and oxygen atoms in total. The topological polar surface area (TPSA) is 137 Å². The Morgan fingerprint density at radius 3 is 2.61 bits per heavy atom. The van der Waals surface area contributed by atoms with E-state index in [0.717, 1.165) is 18.4 Å². The zero-order chi connectivity index (χ0) is 23.1. The van der Waals surface area contributed by atoms with Gasteiger partial charge in [0.2, 0.25) is 0 Å². The quantitative estimate of drug-likeness (QED) is 0.437. The predicted molar refractivity (Wildman–Crippen MR) is 114 cm³/mol. The first-order valence-corrected chi connectivity index (χ1v) is 10.3. The molecular formula is C21H19F2N9O. The molecule has 1 atom stereocenters. The molecule has 12 heteroatoms. The van der Waals surface area contributed by atoms with Gasteiger partial charge in [-0.2, -0.15) is 9.78 Å². The number of carbonyl (C=O) groups is 1.